The Hall–Kier alpha value is -3.63. The summed E-state index contributed by atoms with van der Waals surface area (Å²) in [5.41, 5.74) is 3.35. The van der Waals surface area contributed by atoms with Gasteiger partial charge in [-0.2, -0.15) is 0 Å². The van der Waals surface area contributed by atoms with Gasteiger partial charge in [0.05, 0.1) is 54.2 Å². The summed E-state index contributed by atoms with van der Waals surface area (Å²) in [6.07, 6.45) is 3.88. The molecule has 0 atom stereocenters. The Morgan fingerprint density at radius 1 is 0.814 bits per heavy atom. The number of carbonyl (C=O) groups is 1. The predicted molar refractivity (Wildman–Crippen MR) is 164 cm³/mol. The molecular formula is C33H45N3O7. The lowest BCUT2D eigenvalue weighted by Crippen LogP contribution is -2.54. The molecule has 5 rings (SSSR count). The van der Waals surface area contributed by atoms with Crippen LogP contribution in [-0.2, 0) is 23.2 Å². The molecule has 0 aromatic heterocycles. The number of urea groups is 1. The molecule has 0 aliphatic carbocycles. The van der Waals surface area contributed by atoms with Crippen molar-refractivity contribution < 1.29 is 33.2 Å². The Balaban J connectivity index is 1.50. The molecule has 3 heterocycles. The largest absolute Gasteiger partial charge is 0.497 e. The highest BCUT2D eigenvalue weighted by Gasteiger charge is 2.56. The van der Waals surface area contributed by atoms with Crippen LogP contribution in [-0.4, -0.2) is 95.2 Å². The van der Waals surface area contributed by atoms with E-state index in [1.165, 1.54) is 0 Å². The molecular weight excluding hydrogens is 550 g/mol. The number of methoxy groups -OCH3 is 6. The van der Waals surface area contributed by atoms with Gasteiger partial charge in [0.1, 0.15) is 17.2 Å². The molecule has 2 amide bonds. The molecule has 3 aliphatic heterocycles. The van der Waals surface area contributed by atoms with Crippen LogP contribution in [0.3, 0.4) is 0 Å². The highest BCUT2D eigenvalue weighted by Crippen LogP contribution is 2.51. The van der Waals surface area contributed by atoms with Crippen LogP contribution in [0.4, 0.5) is 4.79 Å². The zero-order valence-electron chi connectivity index (χ0n) is 26.7. The number of allylic oxidation sites excluding steroid dienone is 1. The Morgan fingerprint density at radius 2 is 1.47 bits per heavy atom. The van der Waals surface area contributed by atoms with Gasteiger partial charge in [0.25, 0.3) is 0 Å². The van der Waals surface area contributed by atoms with Crippen molar-refractivity contribution in [3.63, 3.8) is 0 Å². The standard InChI is InChI=1S/C33H45N3O7/c1-32(2)19-28-33(9-11-34(12-10-33)20-23-16-25(40-5)18-27(42-7)30(23)43-8)36(13-14-38-3)31(37)35(28)21-22-15-24(39-4)17-26(41-6)29(22)32/h15-19H,9-14,20-21H2,1-8H3. The van der Waals surface area contributed by atoms with Crippen molar-refractivity contribution >= 4 is 6.03 Å². The fourth-order valence-electron chi connectivity index (χ4n) is 7.14. The molecule has 2 aromatic rings. The van der Waals surface area contributed by atoms with Crippen molar-refractivity contribution in [2.75, 3.05) is 68.9 Å². The highest BCUT2D eigenvalue weighted by atomic mass is 16.5. The Labute approximate surface area is 255 Å². The third-order valence-corrected chi connectivity index (χ3v) is 9.19. The Kier molecular flexibility index (Phi) is 8.72. The van der Waals surface area contributed by atoms with E-state index in [9.17, 15) is 4.79 Å². The molecule has 2 saturated heterocycles. The van der Waals surface area contributed by atoms with Crippen molar-refractivity contribution in [1.82, 2.24) is 14.7 Å². The van der Waals surface area contributed by atoms with Crippen molar-refractivity contribution in [2.24, 2.45) is 0 Å². The summed E-state index contributed by atoms with van der Waals surface area (Å²) >= 11 is 0. The average molecular weight is 596 g/mol. The lowest BCUT2D eigenvalue weighted by Gasteiger charge is -2.45. The van der Waals surface area contributed by atoms with Gasteiger partial charge in [0, 0.05) is 67.7 Å². The van der Waals surface area contributed by atoms with E-state index in [1.807, 2.05) is 34.1 Å². The fourth-order valence-corrected chi connectivity index (χ4v) is 7.14. The molecule has 2 fully saturated rings. The second-order valence-corrected chi connectivity index (χ2v) is 12.0. The molecule has 0 saturated carbocycles. The van der Waals surface area contributed by atoms with E-state index in [1.54, 1.807) is 42.7 Å². The van der Waals surface area contributed by atoms with Gasteiger partial charge < -0.3 is 33.3 Å². The lowest BCUT2D eigenvalue weighted by molar-refractivity contribution is 0.0665. The second-order valence-electron chi connectivity index (χ2n) is 12.0. The first-order chi connectivity index (χ1) is 20.7. The number of carbonyl (C=O) groups excluding carboxylic acids is 1. The van der Waals surface area contributed by atoms with Crippen LogP contribution < -0.4 is 23.7 Å². The quantitative estimate of drug-likeness (QED) is 0.387. The lowest BCUT2D eigenvalue weighted by atomic mass is 9.77. The van der Waals surface area contributed by atoms with Crippen molar-refractivity contribution in [3.05, 3.63) is 52.7 Å². The number of piperidine rings is 1. The minimum atomic E-state index is -0.446. The third-order valence-electron chi connectivity index (χ3n) is 9.19. The van der Waals surface area contributed by atoms with Gasteiger partial charge >= 0.3 is 6.03 Å². The molecule has 10 nitrogen and oxygen atoms in total. The van der Waals surface area contributed by atoms with Gasteiger partial charge in [-0.3, -0.25) is 9.80 Å². The molecule has 3 aliphatic rings. The first-order valence-corrected chi connectivity index (χ1v) is 14.7. The highest BCUT2D eigenvalue weighted by molar-refractivity contribution is 5.83. The number of benzene rings is 2. The van der Waals surface area contributed by atoms with Crippen molar-refractivity contribution in [1.29, 1.82) is 0 Å². The third kappa shape index (κ3) is 5.35. The van der Waals surface area contributed by atoms with Crippen LogP contribution in [0.1, 0.15) is 43.4 Å². The first-order valence-electron chi connectivity index (χ1n) is 14.7. The van der Waals surface area contributed by atoms with Crippen LogP contribution in [0.2, 0.25) is 0 Å². The maximum Gasteiger partial charge on any atom is 0.325 e. The maximum atomic E-state index is 14.2. The van der Waals surface area contributed by atoms with Crippen LogP contribution in [0.5, 0.6) is 28.7 Å². The number of hydrogen-bond acceptors (Lipinski definition) is 8. The molecule has 10 heteroatoms. The number of fused-ring (bicyclic) bond motifs is 3. The van der Waals surface area contributed by atoms with Crippen molar-refractivity contribution in [3.8, 4) is 28.7 Å². The Morgan fingerprint density at radius 3 is 2.07 bits per heavy atom. The topological polar surface area (TPSA) is 82.2 Å². The summed E-state index contributed by atoms with van der Waals surface area (Å²) in [4.78, 5) is 20.7. The van der Waals surface area contributed by atoms with Crippen molar-refractivity contribution in [2.45, 2.75) is 50.7 Å². The monoisotopic (exact) mass is 595 g/mol. The molecule has 0 unspecified atom stereocenters. The zero-order valence-corrected chi connectivity index (χ0v) is 26.7. The number of amides is 2. The SMILES string of the molecule is COCCN1C(=O)N2Cc3cc(OC)cc(OC)c3C(C)(C)C=C2C12CCN(Cc1cc(OC)cc(OC)c1OC)CC2. The van der Waals surface area contributed by atoms with Crippen LogP contribution in [0.15, 0.2) is 36.0 Å². The number of ether oxygens (including phenoxy) is 6. The second kappa shape index (κ2) is 12.2. The van der Waals surface area contributed by atoms with Crippen LogP contribution in [0, 0.1) is 0 Å². The number of likely N-dealkylation sites (tertiary alicyclic amines) is 1. The van der Waals surface area contributed by atoms with Gasteiger partial charge in [-0.25, -0.2) is 4.79 Å². The summed E-state index contributed by atoms with van der Waals surface area (Å²) in [6, 6.07) is 7.82. The molecule has 0 N–H and O–H groups in total. The van der Waals surface area contributed by atoms with E-state index in [2.05, 4.69) is 24.8 Å². The van der Waals surface area contributed by atoms with E-state index in [0.29, 0.717) is 43.5 Å². The zero-order chi connectivity index (χ0) is 30.9. The summed E-state index contributed by atoms with van der Waals surface area (Å²) in [5, 5.41) is 0. The summed E-state index contributed by atoms with van der Waals surface area (Å²) in [7, 11) is 9.97. The Bertz CT molecular complexity index is 1380. The first kappa shape index (κ1) is 30.8. The van der Waals surface area contributed by atoms with E-state index in [4.69, 9.17) is 28.4 Å². The van der Waals surface area contributed by atoms with Crippen LogP contribution in [0.25, 0.3) is 0 Å². The minimum absolute atomic E-state index is 0.0152. The molecule has 1 spiro atoms. The summed E-state index contributed by atoms with van der Waals surface area (Å²) in [5.74, 6) is 3.56. The summed E-state index contributed by atoms with van der Waals surface area (Å²) in [6.45, 7) is 8.13. The van der Waals surface area contributed by atoms with Gasteiger partial charge in [0.15, 0.2) is 11.5 Å². The van der Waals surface area contributed by atoms with Crippen LogP contribution >= 0.6 is 0 Å². The number of nitrogens with zero attached hydrogens (tertiary/aromatic N) is 3. The van der Waals surface area contributed by atoms with Gasteiger partial charge in [-0.1, -0.05) is 19.9 Å². The molecule has 0 radical (unpaired) electrons. The van der Waals surface area contributed by atoms with E-state index in [-0.39, 0.29) is 11.4 Å². The smallest absolute Gasteiger partial charge is 0.325 e. The average Bonchev–Trinajstić information content (AvgIpc) is 3.11. The van der Waals surface area contributed by atoms with Gasteiger partial charge in [-0.05, 0) is 30.5 Å². The number of rotatable bonds is 10. The maximum absolute atomic E-state index is 14.2. The predicted octanol–water partition coefficient (Wildman–Crippen LogP) is 4.82. The minimum Gasteiger partial charge on any atom is -0.497 e. The molecule has 0 bridgehead atoms. The van der Waals surface area contributed by atoms with E-state index < -0.39 is 5.54 Å². The van der Waals surface area contributed by atoms with Gasteiger partial charge in [-0.15, -0.1) is 0 Å². The fraction of sp³-hybridized carbons (Fsp3) is 0.545. The van der Waals surface area contributed by atoms with E-state index in [0.717, 1.165) is 59.8 Å². The van der Waals surface area contributed by atoms with Gasteiger partial charge in [0.2, 0.25) is 0 Å². The number of hydrogen-bond donors (Lipinski definition) is 0. The van der Waals surface area contributed by atoms with E-state index >= 15 is 0 Å². The molecule has 2 aromatic carbocycles. The molecule has 43 heavy (non-hydrogen) atoms. The molecule has 234 valence electrons. The normalized spacial score (nSPS) is 19.0. The summed E-state index contributed by atoms with van der Waals surface area (Å²) < 4.78 is 33.8.